The molecular formula is C16H19BrN2O2S. The smallest absolute Gasteiger partial charge is 0.268 e. The number of ether oxygens (including phenoxy) is 1. The lowest BCUT2D eigenvalue weighted by atomic mass is 10.2. The zero-order valence-corrected chi connectivity index (χ0v) is 14.9. The van der Waals surface area contributed by atoms with Gasteiger partial charge in [-0.3, -0.25) is 4.79 Å². The van der Waals surface area contributed by atoms with E-state index in [0.717, 1.165) is 33.5 Å². The van der Waals surface area contributed by atoms with Gasteiger partial charge in [-0.15, -0.1) is 11.3 Å². The van der Waals surface area contributed by atoms with Crippen molar-refractivity contribution in [2.24, 2.45) is 0 Å². The molecule has 1 amide bonds. The minimum absolute atomic E-state index is 0.0282. The van der Waals surface area contributed by atoms with Gasteiger partial charge in [0.25, 0.3) is 5.91 Å². The SMILES string of the molecule is CC=CCn1c(C(=O)NCC2CCCO2)cc2sc(Br)cc21. The number of hydrogen-bond acceptors (Lipinski definition) is 3. The number of hydrogen-bond donors (Lipinski definition) is 1. The van der Waals surface area contributed by atoms with Crippen LogP contribution >= 0.6 is 27.3 Å². The number of carbonyl (C=O) groups excluding carboxylic acids is 1. The molecule has 6 heteroatoms. The summed E-state index contributed by atoms with van der Waals surface area (Å²) in [5.74, 6) is -0.0282. The van der Waals surface area contributed by atoms with Crippen LogP contribution in [0.4, 0.5) is 0 Å². The molecule has 4 nitrogen and oxygen atoms in total. The Labute approximate surface area is 142 Å². The standard InChI is InChI=1S/C16H19BrN2O2S/c1-2-3-6-19-12-9-15(17)22-14(12)8-13(19)16(20)18-10-11-5-4-7-21-11/h2-3,8-9,11H,4-7,10H2,1H3,(H,18,20). The molecule has 1 N–H and O–H groups in total. The van der Waals surface area contributed by atoms with Gasteiger partial charge in [-0.2, -0.15) is 0 Å². The molecule has 1 atom stereocenters. The summed E-state index contributed by atoms with van der Waals surface area (Å²) < 4.78 is 9.82. The molecule has 3 rings (SSSR count). The largest absolute Gasteiger partial charge is 0.376 e. The normalized spacial score (nSPS) is 18.5. The van der Waals surface area contributed by atoms with Gasteiger partial charge in [0.05, 0.1) is 20.1 Å². The third-order valence-electron chi connectivity index (χ3n) is 3.83. The minimum atomic E-state index is -0.0282. The molecule has 1 aliphatic heterocycles. The lowest BCUT2D eigenvalue weighted by Crippen LogP contribution is -2.33. The van der Waals surface area contributed by atoms with E-state index in [1.165, 1.54) is 0 Å². The van der Waals surface area contributed by atoms with Crippen LogP contribution in [0.5, 0.6) is 0 Å². The first-order chi connectivity index (χ1) is 10.7. The Morgan fingerprint density at radius 1 is 1.59 bits per heavy atom. The fourth-order valence-electron chi connectivity index (χ4n) is 2.71. The number of fused-ring (bicyclic) bond motifs is 1. The molecule has 2 aromatic rings. The minimum Gasteiger partial charge on any atom is -0.376 e. The molecule has 0 aromatic carbocycles. The number of halogens is 1. The van der Waals surface area contributed by atoms with Crippen molar-refractivity contribution in [1.29, 1.82) is 0 Å². The van der Waals surface area contributed by atoms with Gasteiger partial charge in [0.1, 0.15) is 5.69 Å². The van der Waals surface area contributed by atoms with E-state index in [2.05, 4.69) is 38.0 Å². The maximum atomic E-state index is 12.5. The van der Waals surface area contributed by atoms with Gasteiger partial charge in [-0.05, 0) is 47.8 Å². The van der Waals surface area contributed by atoms with Crippen LogP contribution in [0.25, 0.3) is 10.2 Å². The molecule has 0 aliphatic carbocycles. The molecule has 0 bridgehead atoms. The average molecular weight is 383 g/mol. The van der Waals surface area contributed by atoms with Crippen LogP contribution in [-0.2, 0) is 11.3 Å². The quantitative estimate of drug-likeness (QED) is 0.795. The third-order valence-corrected chi connectivity index (χ3v) is 5.40. The predicted molar refractivity (Wildman–Crippen MR) is 93.6 cm³/mol. The summed E-state index contributed by atoms with van der Waals surface area (Å²) in [6.45, 7) is 4.08. The second kappa shape index (κ2) is 6.98. The molecule has 1 unspecified atom stereocenters. The average Bonchev–Trinajstić information content (AvgIpc) is 3.19. The van der Waals surface area contributed by atoms with Gasteiger partial charge in [-0.25, -0.2) is 0 Å². The van der Waals surface area contributed by atoms with Gasteiger partial charge >= 0.3 is 0 Å². The first kappa shape index (κ1) is 15.8. The van der Waals surface area contributed by atoms with E-state index in [1.807, 2.05) is 19.1 Å². The van der Waals surface area contributed by atoms with Gasteiger partial charge in [-0.1, -0.05) is 12.2 Å². The van der Waals surface area contributed by atoms with Crippen molar-refractivity contribution in [3.05, 3.63) is 33.8 Å². The fraction of sp³-hybridized carbons (Fsp3) is 0.438. The van der Waals surface area contributed by atoms with Crippen LogP contribution in [-0.4, -0.2) is 29.7 Å². The number of nitrogens with one attached hydrogen (secondary N) is 1. The van der Waals surface area contributed by atoms with Crippen LogP contribution in [0.1, 0.15) is 30.3 Å². The van der Waals surface area contributed by atoms with Crippen molar-refractivity contribution in [2.75, 3.05) is 13.2 Å². The highest BCUT2D eigenvalue weighted by atomic mass is 79.9. The number of amides is 1. The first-order valence-electron chi connectivity index (χ1n) is 7.48. The van der Waals surface area contributed by atoms with Crippen molar-refractivity contribution in [2.45, 2.75) is 32.4 Å². The summed E-state index contributed by atoms with van der Waals surface area (Å²) in [6.07, 6.45) is 6.34. The van der Waals surface area contributed by atoms with Crippen LogP contribution in [0.2, 0.25) is 0 Å². The summed E-state index contributed by atoms with van der Waals surface area (Å²) >= 11 is 5.16. The molecule has 0 spiro atoms. The third kappa shape index (κ3) is 3.29. The van der Waals surface area contributed by atoms with E-state index in [4.69, 9.17) is 4.74 Å². The van der Waals surface area contributed by atoms with Crippen LogP contribution < -0.4 is 5.32 Å². The Bertz CT molecular complexity index is 698. The maximum Gasteiger partial charge on any atom is 0.268 e. The molecule has 0 radical (unpaired) electrons. The summed E-state index contributed by atoms with van der Waals surface area (Å²) in [7, 11) is 0. The Kier molecular flexibility index (Phi) is 5.00. The Morgan fingerprint density at radius 2 is 2.45 bits per heavy atom. The highest BCUT2D eigenvalue weighted by Crippen LogP contribution is 2.32. The van der Waals surface area contributed by atoms with E-state index in [-0.39, 0.29) is 12.0 Å². The van der Waals surface area contributed by atoms with E-state index in [1.54, 1.807) is 11.3 Å². The first-order valence-corrected chi connectivity index (χ1v) is 9.09. The second-order valence-electron chi connectivity index (χ2n) is 5.35. The lowest BCUT2D eigenvalue weighted by molar-refractivity contribution is 0.0851. The van der Waals surface area contributed by atoms with E-state index in [9.17, 15) is 4.79 Å². The number of nitrogens with zero attached hydrogens (tertiary/aromatic N) is 1. The van der Waals surface area contributed by atoms with Crippen molar-refractivity contribution in [3.8, 4) is 0 Å². The molecular weight excluding hydrogens is 364 g/mol. The predicted octanol–water partition coefficient (Wildman–Crippen LogP) is 3.95. The maximum absolute atomic E-state index is 12.5. The number of rotatable bonds is 5. The number of carbonyl (C=O) groups is 1. The Morgan fingerprint density at radius 3 is 3.18 bits per heavy atom. The van der Waals surface area contributed by atoms with Crippen molar-refractivity contribution in [1.82, 2.24) is 9.88 Å². The zero-order valence-electron chi connectivity index (χ0n) is 12.5. The Balaban J connectivity index is 1.81. The van der Waals surface area contributed by atoms with Crippen molar-refractivity contribution in [3.63, 3.8) is 0 Å². The molecule has 118 valence electrons. The molecule has 2 aromatic heterocycles. The number of thiophene rings is 1. The van der Waals surface area contributed by atoms with Crippen LogP contribution in [0, 0.1) is 0 Å². The molecule has 1 fully saturated rings. The van der Waals surface area contributed by atoms with Crippen molar-refractivity contribution < 1.29 is 9.53 Å². The second-order valence-corrected chi connectivity index (χ2v) is 7.82. The molecule has 3 heterocycles. The van der Waals surface area contributed by atoms with Crippen molar-refractivity contribution >= 4 is 43.4 Å². The van der Waals surface area contributed by atoms with Gasteiger partial charge in [0.15, 0.2) is 0 Å². The topological polar surface area (TPSA) is 43.3 Å². The molecule has 0 saturated carbocycles. The van der Waals surface area contributed by atoms with Gasteiger partial charge in [0.2, 0.25) is 0 Å². The van der Waals surface area contributed by atoms with Crippen LogP contribution in [0.3, 0.4) is 0 Å². The summed E-state index contributed by atoms with van der Waals surface area (Å²) in [6, 6.07) is 4.04. The Hall–Kier alpha value is -1.11. The highest BCUT2D eigenvalue weighted by molar-refractivity contribution is 9.11. The lowest BCUT2D eigenvalue weighted by Gasteiger charge is -2.12. The van der Waals surface area contributed by atoms with Gasteiger partial charge < -0.3 is 14.6 Å². The number of aromatic nitrogens is 1. The zero-order chi connectivity index (χ0) is 15.5. The fourth-order valence-corrected chi connectivity index (χ4v) is 4.27. The number of allylic oxidation sites excluding steroid dienone is 2. The molecule has 22 heavy (non-hydrogen) atoms. The van der Waals surface area contributed by atoms with E-state index in [0.29, 0.717) is 18.8 Å². The van der Waals surface area contributed by atoms with Gasteiger partial charge in [0, 0.05) is 19.7 Å². The van der Waals surface area contributed by atoms with E-state index >= 15 is 0 Å². The van der Waals surface area contributed by atoms with Crippen LogP contribution in [0.15, 0.2) is 28.1 Å². The molecule has 1 saturated heterocycles. The monoisotopic (exact) mass is 382 g/mol. The summed E-state index contributed by atoms with van der Waals surface area (Å²) in [4.78, 5) is 12.5. The highest BCUT2D eigenvalue weighted by Gasteiger charge is 2.20. The van der Waals surface area contributed by atoms with E-state index < -0.39 is 0 Å². The summed E-state index contributed by atoms with van der Waals surface area (Å²) in [5, 5.41) is 3.01. The summed E-state index contributed by atoms with van der Waals surface area (Å²) in [5.41, 5.74) is 1.81. The molecule has 1 aliphatic rings.